The van der Waals surface area contributed by atoms with E-state index in [1.165, 1.54) is 0 Å². The lowest BCUT2D eigenvalue weighted by Gasteiger charge is -2.29. The highest BCUT2D eigenvalue weighted by molar-refractivity contribution is 5.24. The standard InChI is InChI=1S/C10H18N4O2/c1-11-7-9-12-13-10(16-9)14(2)8-3-5-15-6-4-8/h8,11H,3-7H2,1-2H3. The highest BCUT2D eigenvalue weighted by Crippen LogP contribution is 2.19. The van der Waals surface area contributed by atoms with Crippen molar-refractivity contribution in [2.45, 2.75) is 25.4 Å². The Kier molecular flexibility index (Phi) is 3.74. The fourth-order valence-corrected chi connectivity index (χ4v) is 1.84. The third-order valence-corrected chi connectivity index (χ3v) is 2.82. The zero-order chi connectivity index (χ0) is 11.4. The molecule has 1 aliphatic rings. The minimum atomic E-state index is 0.441. The Labute approximate surface area is 95.0 Å². The van der Waals surface area contributed by atoms with Gasteiger partial charge in [0, 0.05) is 26.3 Å². The molecule has 2 rings (SSSR count). The van der Waals surface area contributed by atoms with E-state index in [-0.39, 0.29) is 0 Å². The van der Waals surface area contributed by atoms with Gasteiger partial charge in [-0.15, -0.1) is 5.10 Å². The van der Waals surface area contributed by atoms with Crippen LogP contribution in [-0.4, -0.2) is 43.5 Å². The Bertz CT molecular complexity index is 322. The Hall–Kier alpha value is -1.14. The summed E-state index contributed by atoms with van der Waals surface area (Å²) in [4.78, 5) is 2.05. The Balaban J connectivity index is 1.98. The minimum absolute atomic E-state index is 0.441. The molecular weight excluding hydrogens is 208 g/mol. The largest absolute Gasteiger partial charge is 0.407 e. The highest BCUT2D eigenvalue weighted by atomic mass is 16.5. The molecule has 1 aromatic heterocycles. The fraction of sp³-hybridized carbons (Fsp3) is 0.800. The van der Waals surface area contributed by atoms with Gasteiger partial charge in [-0.25, -0.2) is 0 Å². The molecule has 0 aromatic carbocycles. The van der Waals surface area contributed by atoms with Gasteiger partial charge in [0.2, 0.25) is 5.89 Å². The third-order valence-electron chi connectivity index (χ3n) is 2.82. The van der Waals surface area contributed by atoms with Gasteiger partial charge in [0.1, 0.15) is 0 Å². The van der Waals surface area contributed by atoms with Crippen LogP contribution in [0.3, 0.4) is 0 Å². The topological polar surface area (TPSA) is 63.4 Å². The first-order valence-corrected chi connectivity index (χ1v) is 5.59. The van der Waals surface area contributed by atoms with Gasteiger partial charge in [0.05, 0.1) is 6.54 Å². The molecule has 0 bridgehead atoms. The summed E-state index contributed by atoms with van der Waals surface area (Å²) in [6, 6.07) is 1.04. The van der Waals surface area contributed by atoms with Crippen LogP contribution in [0.1, 0.15) is 18.7 Å². The molecule has 0 atom stereocenters. The lowest BCUT2D eigenvalue weighted by molar-refractivity contribution is 0.0845. The number of rotatable bonds is 4. The molecule has 1 saturated heterocycles. The van der Waals surface area contributed by atoms with Crippen molar-refractivity contribution in [3.05, 3.63) is 5.89 Å². The van der Waals surface area contributed by atoms with E-state index in [4.69, 9.17) is 9.15 Å². The maximum Gasteiger partial charge on any atom is 0.318 e. The molecule has 2 heterocycles. The van der Waals surface area contributed by atoms with Crippen LogP contribution in [0.15, 0.2) is 4.42 Å². The average Bonchev–Trinajstić information content (AvgIpc) is 2.78. The molecule has 6 nitrogen and oxygen atoms in total. The fourth-order valence-electron chi connectivity index (χ4n) is 1.84. The number of aromatic nitrogens is 2. The molecule has 0 unspecified atom stereocenters. The van der Waals surface area contributed by atoms with E-state index >= 15 is 0 Å². The molecule has 0 spiro atoms. The summed E-state index contributed by atoms with van der Waals surface area (Å²) in [6.45, 7) is 2.23. The average molecular weight is 226 g/mol. The van der Waals surface area contributed by atoms with Gasteiger partial charge < -0.3 is 19.4 Å². The Morgan fingerprint density at radius 1 is 1.38 bits per heavy atom. The summed E-state index contributed by atoms with van der Waals surface area (Å²) in [6.07, 6.45) is 2.03. The van der Waals surface area contributed by atoms with Gasteiger partial charge in [-0.3, -0.25) is 0 Å². The number of nitrogens with one attached hydrogen (secondary N) is 1. The van der Waals surface area contributed by atoms with Crippen LogP contribution in [0.5, 0.6) is 0 Å². The monoisotopic (exact) mass is 226 g/mol. The zero-order valence-electron chi connectivity index (χ0n) is 9.77. The van der Waals surface area contributed by atoms with Crippen LogP contribution in [0.4, 0.5) is 6.01 Å². The predicted molar refractivity (Wildman–Crippen MR) is 59.3 cm³/mol. The van der Waals surface area contributed by atoms with Crippen molar-refractivity contribution in [2.24, 2.45) is 0 Å². The number of nitrogens with zero attached hydrogens (tertiary/aromatic N) is 3. The van der Waals surface area contributed by atoms with E-state index in [1.807, 2.05) is 14.1 Å². The SMILES string of the molecule is CNCc1nnc(N(C)C2CCOCC2)o1. The van der Waals surface area contributed by atoms with Gasteiger partial charge in [0.15, 0.2) is 0 Å². The molecule has 1 aromatic rings. The summed E-state index contributed by atoms with van der Waals surface area (Å²) in [5.74, 6) is 0.622. The molecule has 1 aliphatic heterocycles. The molecule has 16 heavy (non-hydrogen) atoms. The molecular formula is C10H18N4O2. The van der Waals surface area contributed by atoms with Crippen molar-refractivity contribution in [2.75, 3.05) is 32.2 Å². The first kappa shape index (κ1) is 11.3. The summed E-state index contributed by atoms with van der Waals surface area (Å²) < 4.78 is 10.9. The quantitative estimate of drug-likeness (QED) is 0.802. The van der Waals surface area contributed by atoms with E-state index in [9.17, 15) is 0 Å². The van der Waals surface area contributed by atoms with Crippen molar-refractivity contribution < 1.29 is 9.15 Å². The normalized spacial score (nSPS) is 17.6. The van der Waals surface area contributed by atoms with Crippen LogP contribution < -0.4 is 10.2 Å². The Morgan fingerprint density at radius 2 is 2.12 bits per heavy atom. The number of hydrogen-bond donors (Lipinski definition) is 1. The second kappa shape index (κ2) is 5.27. The molecule has 6 heteroatoms. The van der Waals surface area contributed by atoms with Crippen LogP contribution in [-0.2, 0) is 11.3 Å². The van der Waals surface area contributed by atoms with Crippen molar-refractivity contribution in [3.63, 3.8) is 0 Å². The van der Waals surface area contributed by atoms with Crippen molar-refractivity contribution >= 4 is 6.01 Å². The van der Waals surface area contributed by atoms with E-state index < -0.39 is 0 Å². The maximum absolute atomic E-state index is 5.54. The predicted octanol–water partition coefficient (Wildman–Crippen LogP) is 0.404. The molecule has 1 N–H and O–H groups in total. The molecule has 0 aliphatic carbocycles. The van der Waals surface area contributed by atoms with Crippen molar-refractivity contribution in [3.8, 4) is 0 Å². The zero-order valence-corrected chi connectivity index (χ0v) is 9.77. The Morgan fingerprint density at radius 3 is 2.81 bits per heavy atom. The lowest BCUT2D eigenvalue weighted by Crippen LogP contribution is -2.36. The van der Waals surface area contributed by atoms with Gasteiger partial charge >= 0.3 is 6.01 Å². The molecule has 1 fully saturated rings. The summed E-state index contributed by atoms with van der Waals surface area (Å²) in [5, 5.41) is 11.0. The minimum Gasteiger partial charge on any atom is -0.407 e. The van der Waals surface area contributed by atoms with Crippen LogP contribution in [0.2, 0.25) is 0 Å². The van der Waals surface area contributed by atoms with Gasteiger partial charge in [0.25, 0.3) is 0 Å². The van der Waals surface area contributed by atoms with Crippen molar-refractivity contribution in [1.29, 1.82) is 0 Å². The number of hydrogen-bond acceptors (Lipinski definition) is 6. The summed E-state index contributed by atoms with van der Waals surface area (Å²) >= 11 is 0. The van der Waals surface area contributed by atoms with E-state index in [0.717, 1.165) is 26.1 Å². The van der Waals surface area contributed by atoms with Gasteiger partial charge in [-0.1, -0.05) is 5.10 Å². The smallest absolute Gasteiger partial charge is 0.318 e. The number of ether oxygens (including phenoxy) is 1. The highest BCUT2D eigenvalue weighted by Gasteiger charge is 2.22. The molecule has 90 valence electrons. The van der Waals surface area contributed by atoms with E-state index in [2.05, 4.69) is 20.4 Å². The van der Waals surface area contributed by atoms with Crippen LogP contribution >= 0.6 is 0 Å². The van der Waals surface area contributed by atoms with E-state index in [1.54, 1.807) is 0 Å². The summed E-state index contributed by atoms with van der Waals surface area (Å²) in [7, 11) is 3.85. The summed E-state index contributed by atoms with van der Waals surface area (Å²) in [5.41, 5.74) is 0. The second-order valence-electron chi connectivity index (χ2n) is 3.96. The van der Waals surface area contributed by atoms with Crippen molar-refractivity contribution in [1.82, 2.24) is 15.5 Å². The first-order valence-electron chi connectivity index (χ1n) is 5.59. The van der Waals surface area contributed by atoms with E-state index in [0.29, 0.717) is 24.5 Å². The molecule has 0 amide bonds. The maximum atomic E-state index is 5.54. The molecule has 0 radical (unpaired) electrons. The first-order chi connectivity index (χ1) is 7.81. The van der Waals surface area contributed by atoms with Gasteiger partial charge in [-0.05, 0) is 19.9 Å². The van der Waals surface area contributed by atoms with Crippen LogP contribution in [0.25, 0.3) is 0 Å². The number of anilines is 1. The molecule has 0 saturated carbocycles. The third kappa shape index (κ3) is 2.51. The van der Waals surface area contributed by atoms with Gasteiger partial charge in [-0.2, -0.15) is 0 Å². The van der Waals surface area contributed by atoms with Crippen LogP contribution in [0, 0.1) is 0 Å². The lowest BCUT2D eigenvalue weighted by atomic mass is 10.1. The second-order valence-corrected chi connectivity index (χ2v) is 3.96.